The first kappa shape index (κ1) is 8.84. The highest BCUT2D eigenvalue weighted by Gasteiger charge is 2.20. The second-order valence-electron chi connectivity index (χ2n) is 3.54. The molecular weight excluding hydrogens is 164 g/mol. The van der Waals surface area contributed by atoms with Gasteiger partial charge in [0.05, 0.1) is 12.6 Å². The molecule has 0 aliphatic carbocycles. The maximum absolute atomic E-state index is 4.30. The molecule has 72 valence electrons. The van der Waals surface area contributed by atoms with Crippen LogP contribution in [0.25, 0.3) is 0 Å². The van der Waals surface area contributed by atoms with E-state index in [0.717, 1.165) is 19.6 Å². The average molecular weight is 180 g/mol. The van der Waals surface area contributed by atoms with Crippen LogP contribution >= 0.6 is 0 Å². The number of hydrazine groups is 1. The molecule has 13 heavy (non-hydrogen) atoms. The molecule has 2 rings (SSSR count). The quantitative estimate of drug-likeness (QED) is 0.588. The summed E-state index contributed by atoms with van der Waals surface area (Å²) >= 11 is 0. The molecule has 0 amide bonds. The van der Waals surface area contributed by atoms with E-state index in [9.17, 15) is 0 Å². The molecule has 0 fully saturated rings. The van der Waals surface area contributed by atoms with Gasteiger partial charge in [0.25, 0.3) is 0 Å². The summed E-state index contributed by atoms with van der Waals surface area (Å²) in [6, 6.07) is 0.400. The normalized spacial score (nSPS) is 34.5. The third-order valence-corrected chi connectivity index (χ3v) is 2.55. The molecule has 0 saturated carbocycles. The predicted molar refractivity (Wildman–Crippen MR) is 51.4 cm³/mol. The molecule has 0 saturated heterocycles. The molecular formula is C9H16N4. The second kappa shape index (κ2) is 4.48. The molecule has 0 aromatic heterocycles. The second-order valence-corrected chi connectivity index (χ2v) is 3.54. The van der Waals surface area contributed by atoms with Gasteiger partial charge in [0.15, 0.2) is 0 Å². The van der Waals surface area contributed by atoms with Crippen molar-refractivity contribution in [3.8, 4) is 0 Å². The molecule has 4 heteroatoms. The summed E-state index contributed by atoms with van der Waals surface area (Å²) in [5.41, 5.74) is 6.29. The van der Waals surface area contributed by atoms with E-state index in [4.69, 9.17) is 0 Å². The van der Waals surface area contributed by atoms with Gasteiger partial charge in [0.2, 0.25) is 0 Å². The number of hydrogen-bond donors (Lipinski definition) is 2. The molecule has 0 radical (unpaired) electrons. The van der Waals surface area contributed by atoms with E-state index >= 15 is 0 Å². The van der Waals surface area contributed by atoms with Crippen LogP contribution in [-0.4, -0.2) is 25.7 Å². The first-order valence-corrected chi connectivity index (χ1v) is 4.96. The van der Waals surface area contributed by atoms with Gasteiger partial charge in [-0.1, -0.05) is 12.2 Å². The minimum atomic E-state index is 0.400. The Morgan fingerprint density at radius 1 is 1.31 bits per heavy atom. The Hall–Kier alpha value is -0.740. The van der Waals surface area contributed by atoms with Gasteiger partial charge in [-0.05, 0) is 12.8 Å². The molecule has 0 aromatic carbocycles. The van der Waals surface area contributed by atoms with Crippen LogP contribution in [0.3, 0.4) is 0 Å². The predicted octanol–water partition coefficient (Wildman–Crippen LogP) is 0.881. The van der Waals surface area contributed by atoms with Gasteiger partial charge in [-0.3, -0.25) is 10.9 Å². The molecule has 4 nitrogen and oxygen atoms in total. The SMILES string of the molecule is C1=CC(C2CCCN=N2)CNNC1. The van der Waals surface area contributed by atoms with Crippen molar-refractivity contribution < 1.29 is 0 Å². The highest BCUT2D eigenvalue weighted by Crippen LogP contribution is 2.19. The van der Waals surface area contributed by atoms with E-state index in [1.54, 1.807) is 0 Å². The summed E-state index contributed by atoms with van der Waals surface area (Å²) in [6.45, 7) is 2.78. The number of nitrogens with zero attached hydrogens (tertiary/aromatic N) is 2. The molecule has 0 spiro atoms. The molecule has 2 aliphatic heterocycles. The van der Waals surface area contributed by atoms with Gasteiger partial charge in [0.1, 0.15) is 0 Å². The number of nitrogens with one attached hydrogen (secondary N) is 2. The average Bonchev–Trinajstić information content (AvgIpc) is 2.47. The zero-order chi connectivity index (χ0) is 8.93. The largest absolute Gasteiger partial charge is 0.257 e. The van der Waals surface area contributed by atoms with Gasteiger partial charge in [-0.25, -0.2) is 0 Å². The fourth-order valence-corrected chi connectivity index (χ4v) is 1.79. The van der Waals surface area contributed by atoms with Crippen molar-refractivity contribution in [2.24, 2.45) is 16.1 Å². The molecule has 2 aliphatic rings. The summed E-state index contributed by atoms with van der Waals surface area (Å²) < 4.78 is 0. The third-order valence-electron chi connectivity index (χ3n) is 2.55. The molecule has 0 bridgehead atoms. The molecule has 2 unspecified atom stereocenters. The van der Waals surface area contributed by atoms with Crippen molar-refractivity contribution >= 4 is 0 Å². The summed E-state index contributed by atoms with van der Waals surface area (Å²) in [5, 5.41) is 8.41. The lowest BCUT2D eigenvalue weighted by atomic mass is 9.95. The standard InChI is InChI=1S/C9H16N4/c1-3-8(7-12-10-5-1)9-4-2-6-11-13-9/h1,3,8-10,12H,2,4-7H2. The van der Waals surface area contributed by atoms with E-state index < -0.39 is 0 Å². The molecule has 2 atom stereocenters. The maximum atomic E-state index is 4.30. The Morgan fingerprint density at radius 2 is 2.31 bits per heavy atom. The van der Waals surface area contributed by atoms with E-state index in [-0.39, 0.29) is 0 Å². The monoisotopic (exact) mass is 180 g/mol. The van der Waals surface area contributed by atoms with Gasteiger partial charge in [0, 0.05) is 19.0 Å². The van der Waals surface area contributed by atoms with Crippen molar-refractivity contribution in [1.82, 2.24) is 10.9 Å². The van der Waals surface area contributed by atoms with Crippen molar-refractivity contribution in [2.45, 2.75) is 18.9 Å². The lowest BCUT2D eigenvalue weighted by molar-refractivity contribution is 0.389. The minimum absolute atomic E-state index is 0.400. The summed E-state index contributed by atoms with van der Waals surface area (Å²) in [6.07, 6.45) is 6.78. The fraction of sp³-hybridized carbons (Fsp3) is 0.778. The van der Waals surface area contributed by atoms with Crippen LogP contribution in [0.2, 0.25) is 0 Å². The Morgan fingerprint density at radius 3 is 3.15 bits per heavy atom. The zero-order valence-corrected chi connectivity index (χ0v) is 7.74. The Bertz CT molecular complexity index is 212. The van der Waals surface area contributed by atoms with E-state index in [1.807, 2.05) is 0 Å². The van der Waals surface area contributed by atoms with Gasteiger partial charge < -0.3 is 0 Å². The summed E-state index contributed by atoms with van der Waals surface area (Å²) in [5.74, 6) is 0.513. The van der Waals surface area contributed by atoms with Crippen molar-refractivity contribution in [1.29, 1.82) is 0 Å². The van der Waals surface area contributed by atoms with Crippen LogP contribution < -0.4 is 10.9 Å². The topological polar surface area (TPSA) is 48.8 Å². The van der Waals surface area contributed by atoms with Crippen molar-refractivity contribution in [2.75, 3.05) is 19.6 Å². The lowest BCUT2D eigenvalue weighted by Gasteiger charge is -2.21. The highest BCUT2D eigenvalue weighted by atomic mass is 15.3. The third kappa shape index (κ3) is 2.35. The first-order chi connectivity index (χ1) is 6.47. The van der Waals surface area contributed by atoms with Crippen LogP contribution in [0.1, 0.15) is 12.8 Å². The van der Waals surface area contributed by atoms with Crippen LogP contribution in [0, 0.1) is 5.92 Å². The highest BCUT2D eigenvalue weighted by molar-refractivity contribution is 4.98. The van der Waals surface area contributed by atoms with Gasteiger partial charge >= 0.3 is 0 Å². The lowest BCUT2D eigenvalue weighted by Crippen LogP contribution is -2.36. The molecule has 2 heterocycles. The van der Waals surface area contributed by atoms with Crippen molar-refractivity contribution in [3.63, 3.8) is 0 Å². The van der Waals surface area contributed by atoms with Gasteiger partial charge in [-0.2, -0.15) is 10.2 Å². The Kier molecular flexibility index (Phi) is 3.05. The van der Waals surface area contributed by atoms with Crippen LogP contribution in [0.4, 0.5) is 0 Å². The van der Waals surface area contributed by atoms with Crippen LogP contribution in [-0.2, 0) is 0 Å². The van der Waals surface area contributed by atoms with Crippen molar-refractivity contribution in [3.05, 3.63) is 12.2 Å². The van der Waals surface area contributed by atoms with Crippen LogP contribution in [0.15, 0.2) is 22.4 Å². The summed E-state index contributed by atoms with van der Waals surface area (Å²) in [7, 11) is 0. The zero-order valence-electron chi connectivity index (χ0n) is 7.74. The van der Waals surface area contributed by atoms with E-state index in [0.29, 0.717) is 12.0 Å². The number of azo groups is 1. The Balaban J connectivity index is 1.96. The summed E-state index contributed by atoms with van der Waals surface area (Å²) in [4.78, 5) is 0. The minimum Gasteiger partial charge on any atom is -0.257 e. The number of rotatable bonds is 1. The first-order valence-electron chi connectivity index (χ1n) is 4.96. The van der Waals surface area contributed by atoms with E-state index in [1.165, 1.54) is 12.8 Å². The van der Waals surface area contributed by atoms with E-state index in [2.05, 4.69) is 33.2 Å². The van der Waals surface area contributed by atoms with Crippen LogP contribution in [0.5, 0.6) is 0 Å². The molecule has 2 N–H and O–H groups in total. The molecule has 0 aromatic rings. The maximum Gasteiger partial charge on any atom is 0.0784 e. The van der Waals surface area contributed by atoms with Gasteiger partial charge in [-0.15, -0.1) is 0 Å². The number of hydrogen-bond acceptors (Lipinski definition) is 4. The smallest absolute Gasteiger partial charge is 0.0784 e. The Labute approximate surface area is 78.5 Å². The fourth-order valence-electron chi connectivity index (χ4n) is 1.79.